The molecule has 3 unspecified atom stereocenters. The van der Waals surface area contributed by atoms with Gasteiger partial charge in [-0.1, -0.05) is 140 Å². The molecule has 3 saturated carbocycles. The summed E-state index contributed by atoms with van der Waals surface area (Å²) in [6.45, 7) is 2.52. The Morgan fingerprint density at radius 3 is 1.98 bits per heavy atom. The molecule has 5 atom stereocenters. The highest BCUT2D eigenvalue weighted by atomic mass is 15.1. The van der Waals surface area contributed by atoms with Crippen LogP contribution in [0.4, 0.5) is 17.1 Å². The minimum Gasteiger partial charge on any atom is -0.310 e. The van der Waals surface area contributed by atoms with E-state index >= 15 is 0 Å². The molecular weight excluding hydrogens is 737 g/mol. The Kier molecular flexibility index (Phi) is 7.74. The van der Waals surface area contributed by atoms with E-state index in [4.69, 9.17) is 0 Å². The third-order valence-corrected chi connectivity index (χ3v) is 15.4. The van der Waals surface area contributed by atoms with E-state index in [1.807, 2.05) is 0 Å². The fourth-order valence-corrected chi connectivity index (χ4v) is 12.8. The van der Waals surface area contributed by atoms with E-state index in [-0.39, 0.29) is 0 Å². The summed E-state index contributed by atoms with van der Waals surface area (Å²) in [4.78, 5) is 2.50. The largest absolute Gasteiger partial charge is 0.310 e. The van der Waals surface area contributed by atoms with Crippen LogP contribution in [0.25, 0.3) is 70.9 Å². The Labute approximate surface area is 357 Å². The van der Waals surface area contributed by atoms with E-state index in [1.54, 1.807) is 5.56 Å². The van der Waals surface area contributed by atoms with Gasteiger partial charge in [-0.25, -0.2) is 0 Å². The molecule has 0 saturated heterocycles. The van der Waals surface area contributed by atoms with Crippen molar-refractivity contribution in [2.24, 2.45) is 23.7 Å². The predicted molar refractivity (Wildman–Crippen MR) is 258 cm³/mol. The van der Waals surface area contributed by atoms with Crippen molar-refractivity contribution in [1.29, 1.82) is 0 Å². The van der Waals surface area contributed by atoms with Crippen LogP contribution < -0.4 is 4.90 Å². The lowest BCUT2D eigenvalue weighted by Gasteiger charge is -2.42. The molecule has 2 heteroatoms. The van der Waals surface area contributed by atoms with Crippen LogP contribution in [-0.4, -0.2) is 4.57 Å². The molecule has 0 spiro atoms. The van der Waals surface area contributed by atoms with Gasteiger partial charge >= 0.3 is 0 Å². The van der Waals surface area contributed by atoms with Crippen molar-refractivity contribution in [3.63, 3.8) is 0 Å². The van der Waals surface area contributed by atoms with E-state index in [0.29, 0.717) is 5.41 Å². The first-order valence-electron chi connectivity index (χ1n) is 22.5. The second kappa shape index (κ2) is 13.4. The number of anilines is 3. The van der Waals surface area contributed by atoms with Gasteiger partial charge in [0.05, 0.1) is 16.7 Å². The average Bonchev–Trinajstić information content (AvgIpc) is 3.77. The number of hydrogen-bond acceptors (Lipinski definition) is 1. The van der Waals surface area contributed by atoms with Crippen molar-refractivity contribution in [2.45, 2.75) is 44.4 Å². The fourth-order valence-electron chi connectivity index (χ4n) is 12.8. The van der Waals surface area contributed by atoms with E-state index < -0.39 is 0 Å². The smallest absolute Gasteiger partial charge is 0.0547 e. The lowest BCUT2D eigenvalue weighted by molar-refractivity contribution is 0.0780. The molecule has 1 heterocycles. The Morgan fingerprint density at radius 1 is 0.475 bits per heavy atom. The van der Waals surface area contributed by atoms with Crippen molar-refractivity contribution >= 4 is 71.2 Å². The summed E-state index contributed by atoms with van der Waals surface area (Å²) in [5.41, 5.74) is 11.5. The van der Waals surface area contributed by atoms with E-state index in [9.17, 15) is 0 Å². The number of benzene rings is 9. The molecule has 2 bridgehead atoms. The number of para-hydroxylation sites is 1. The Morgan fingerprint density at radius 2 is 1.16 bits per heavy atom. The highest BCUT2D eigenvalue weighted by molar-refractivity contribution is 6.21. The summed E-state index contributed by atoms with van der Waals surface area (Å²) < 4.78 is 2.44. The van der Waals surface area contributed by atoms with Crippen LogP contribution in [0.15, 0.2) is 188 Å². The highest BCUT2D eigenvalue weighted by Crippen LogP contribution is 2.65. The van der Waals surface area contributed by atoms with Gasteiger partial charge in [0.2, 0.25) is 0 Å². The molecule has 10 aromatic rings. The normalized spacial score (nSPS) is 21.9. The quantitative estimate of drug-likeness (QED) is 0.153. The number of aromatic nitrogens is 1. The van der Waals surface area contributed by atoms with Gasteiger partial charge in [0.25, 0.3) is 0 Å². The summed E-state index contributed by atoms with van der Waals surface area (Å²) in [6.07, 6.45) is 7.01. The van der Waals surface area contributed by atoms with Gasteiger partial charge in [-0.3, -0.25) is 0 Å². The van der Waals surface area contributed by atoms with Crippen LogP contribution in [0.5, 0.6) is 0 Å². The maximum absolute atomic E-state index is 2.52. The first kappa shape index (κ1) is 35.1. The summed E-state index contributed by atoms with van der Waals surface area (Å²) in [5, 5.41) is 10.2. The maximum atomic E-state index is 2.52. The van der Waals surface area contributed by atoms with Gasteiger partial charge in [0.15, 0.2) is 0 Å². The third kappa shape index (κ3) is 5.41. The van der Waals surface area contributed by atoms with Crippen molar-refractivity contribution < 1.29 is 0 Å². The predicted octanol–water partition coefficient (Wildman–Crippen LogP) is 16.1. The summed E-state index contributed by atoms with van der Waals surface area (Å²) in [6, 6.07) is 70.5. The second-order valence-corrected chi connectivity index (χ2v) is 18.8. The zero-order valence-electron chi connectivity index (χ0n) is 34.6. The molecule has 294 valence electrons. The summed E-state index contributed by atoms with van der Waals surface area (Å²) in [7, 11) is 0. The molecule has 13 rings (SSSR count). The Balaban J connectivity index is 0.924. The molecule has 1 aromatic heterocycles. The van der Waals surface area contributed by atoms with E-state index in [1.165, 1.54) is 114 Å². The molecule has 0 aliphatic heterocycles. The minimum absolute atomic E-state index is 0.336. The number of hydrogen-bond donors (Lipinski definition) is 0. The summed E-state index contributed by atoms with van der Waals surface area (Å²) in [5.74, 6) is 3.67. The molecule has 3 aliphatic carbocycles. The number of nitrogens with zero attached hydrogens (tertiary/aromatic N) is 2. The van der Waals surface area contributed by atoms with Gasteiger partial charge in [0, 0.05) is 33.2 Å². The zero-order valence-corrected chi connectivity index (χ0v) is 34.6. The second-order valence-electron chi connectivity index (χ2n) is 18.8. The zero-order chi connectivity index (χ0) is 40.2. The van der Waals surface area contributed by atoms with Crippen LogP contribution in [0.1, 0.15) is 44.6 Å². The van der Waals surface area contributed by atoms with Crippen molar-refractivity contribution in [2.75, 3.05) is 4.90 Å². The van der Waals surface area contributed by atoms with Crippen LogP contribution >= 0.6 is 0 Å². The first-order chi connectivity index (χ1) is 30.1. The number of rotatable bonds is 6. The summed E-state index contributed by atoms with van der Waals surface area (Å²) >= 11 is 0. The highest BCUT2D eigenvalue weighted by Gasteiger charge is 2.57. The van der Waals surface area contributed by atoms with Crippen LogP contribution in [-0.2, 0) is 5.41 Å². The molecule has 9 aromatic carbocycles. The van der Waals surface area contributed by atoms with E-state index in [2.05, 4.69) is 204 Å². The SMILES string of the molecule is C[C@H]1CC2CC3CC(c4ccc(N(c5ccc(-c6cccc(-n7c8ccccc8c8c9ccccc9ccc87)c6)cc5)c5cc6ccccc6c6ccccc56)cc4)(C1)C[C@H]23. The molecule has 3 fully saturated rings. The third-order valence-electron chi connectivity index (χ3n) is 15.4. The van der Waals surface area contributed by atoms with E-state index in [0.717, 1.165) is 29.4 Å². The Hall–Kier alpha value is -6.64. The molecule has 0 N–H and O–H groups in total. The lowest BCUT2D eigenvalue weighted by atomic mass is 9.63. The monoisotopic (exact) mass is 784 g/mol. The topological polar surface area (TPSA) is 8.17 Å². The van der Waals surface area contributed by atoms with Crippen molar-refractivity contribution in [3.8, 4) is 16.8 Å². The molecule has 2 nitrogen and oxygen atoms in total. The molecule has 0 amide bonds. The van der Waals surface area contributed by atoms with Gasteiger partial charge in [-0.2, -0.15) is 0 Å². The first-order valence-corrected chi connectivity index (χ1v) is 22.5. The van der Waals surface area contributed by atoms with Crippen molar-refractivity contribution in [1.82, 2.24) is 4.57 Å². The molecule has 61 heavy (non-hydrogen) atoms. The van der Waals surface area contributed by atoms with Gasteiger partial charge in [-0.05, 0) is 159 Å². The standard InChI is InChI=1S/C59H48N2/c1-38-31-43-32-44-36-59(35-38,37-54(43)44)45-24-28-47(29-25-45)60(57-34-42-12-3-4-15-49(42)51-17-6-7-18-52(51)57)46-26-21-39(22-27-46)41-13-10-14-48(33-41)61-55-20-9-8-19-53(55)58-50-16-5-2-11-40(50)23-30-56(58)61/h2-30,33-34,38,43-44,54H,31-32,35-37H2,1H3/t38-,43?,44?,54+,59?/m0/s1. The molecular formula is C59H48N2. The lowest BCUT2D eigenvalue weighted by Crippen LogP contribution is -2.34. The average molecular weight is 785 g/mol. The van der Waals surface area contributed by atoms with Crippen molar-refractivity contribution in [3.05, 3.63) is 194 Å². The van der Waals surface area contributed by atoms with Gasteiger partial charge < -0.3 is 9.47 Å². The Bertz CT molecular complexity index is 3330. The van der Waals surface area contributed by atoms with Crippen LogP contribution in [0.2, 0.25) is 0 Å². The minimum atomic E-state index is 0.336. The van der Waals surface area contributed by atoms with Crippen LogP contribution in [0, 0.1) is 23.7 Å². The van der Waals surface area contributed by atoms with Crippen LogP contribution in [0.3, 0.4) is 0 Å². The number of fused-ring (bicyclic) bond motifs is 9. The fraction of sp³-hybridized carbons (Fsp3) is 0.186. The van der Waals surface area contributed by atoms with Gasteiger partial charge in [-0.15, -0.1) is 0 Å². The molecule has 0 radical (unpaired) electrons. The maximum Gasteiger partial charge on any atom is 0.0547 e. The molecule has 3 aliphatic rings. The van der Waals surface area contributed by atoms with Gasteiger partial charge in [0.1, 0.15) is 0 Å².